The van der Waals surface area contributed by atoms with E-state index in [1.165, 1.54) is 17.4 Å². The molecule has 0 atom stereocenters. The third-order valence-corrected chi connectivity index (χ3v) is 5.72. The molecule has 0 unspecified atom stereocenters. The topological polar surface area (TPSA) is 97.4 Å². The quantitative estimate of drug-likeness (QED) is 0.504. The highest BCUT2D eigenvalue weighted by Crippen LogP contribution is 2.31. The van der Waals surface area contributed by atoms with E-state index >= 15 is 0 Å². The summed E-state index contributed by atoms with van der Waals surface area (Å²) in [6, 6.07) is 6.46. The Morgan fingerprint density at radius 2 is 2.04 bits per heavy atom. The van der Waals surface area contributed by atoms with Gasteiger partial charge in [0.2, 0.25) is 0 Å². The molecule has 0 aliphatic carbocycles. The van der Waals surface area contributed by atoms with Gasteiger partial charge in [0.15, 0.2) is 5.13 Å². The predicted molar refractivity (Wildman–Crippen MR) is 102 cm³/mol. The number of nitro benzene ring substituents is 1. The predicted octanol–water partition coefficient (Wildman–Crippen LogP) is 2.38. The zero-order chi connectivity index (χ0) is 19.0. The van der Waals surface area contributed by atoms with E-state index in [4.69, 9.17) is 0 Å². The maximum Gasteiger partial charge on any atom is 0.272 e. The smallest absolute Gasteiger partial charge is 0.272 e. The fourth-order valence-electron chi connectivity index (χ4n) is 3.18. The lowest BCUT2D eigenvalue weighted by Gasteiger charge is -2.34. The van der Waals surface area contributed by atoms with Crippen molar-refractivity contribution >= 4 is 38.3 Å². The van der Waals surface area contributed by atoms with E-state index in [1.54, 1.807) is 29.1 Å². The van der Waals surface area contributed by atoms with Crippen LogP contribution in [0, 0.1) is 10.1 Å². The van der Waals surface area contributed by atoms with Gasteiger partial charge in [-0.1, -0.05) is 11.3 Å². The molecular weight excluding hydrogens is 368 g/mol. The molecule has 3 aromatic rings. The lowest BCUT2D eigenvalue weighted by Crippen LogP contribution is -2.49. The maximum absolute atomic E-state index is 12.7. The molecule has 140 valence electrons. The minimum Gasteiger partial charge on any atom is -0.345 e. The molecule has 1 aromatic carbocycles. The highest BCUT2D eigenvalue weighted by molar-refractivity contribution is 7.22. The summed E-state index contributed by atoms with van der Waals surface area (Å²) in [4.78, 5) is 31.8. The van der Waals surface area contributed by atoms with E-state index in [0.717, 1.165) is 15.3 Å². The Kier molecular flexibility index (Phi) is 4.48. The number of anilines is 1. The Labute approximate surface area is 159 Å². The van der Waals surface area contributed by atoms with E-state index in [2.05, 4.69) is 15.0 Å². The van der Waals surface area contributed by atoms with Crippen molar-refractivity contribution in [1.29, 1.82) is 0 Å². The van der Waals surface area contributed by atoms with E-state index < -0.39 is 4.92 Å². The minimum atomic E-state index is -0.399. The number of aryl methyl sites for hydroxylation is 1. The Bertz CT molecular complexity index is 1010. The normalized spacial score (nSPS) is 14.7. The molecule has 0 radical (unpaired) electrons. The number of carbonyl (C=O) groups is 1. The Hall–Kier alpha value is -3.01. The van der Waals surface area contributed by atoms with Gasteiger partial charge in [-0.25, -0.2) is 4.98 Å². The zero-order valence-electron chi connectivity index (χ0n) is 14.7. The van der Waals surface area contributed by atoms with E-state index in [0.29, 0.717) is 38.4 Å². The average molecular weight is 386 g/mol. The molecule has 0 spiro atoms. The molecule has 0 bridgehead atoms. The van der Waals surface area contributed by atoms with Crippen LogP contribution in [0.5, 0.6) is 0 Å². The third-order valence-electron chi connectivity index (χ3n) is 4.64. The first kappa shape index (κ1) is 17.4. The van der Waals surface area contributed by atoms with E-state index in [-0.39, 0.29) is 11.6 Å². The van der Waals surface area contributed by atoms with Crippen molar-refractivity contribution in [2.45, 2.75) is 13.5 Å². The third kappa shape index (κ3) is 3.23. The Morgan fingerprint density at radius 1 is 1.26 bits per heavy atom. The number of nitro groups is 1. The summed E-state index contributed by atoms with van der Waals surface area (Å²) in [5.41, 5.74) is 1.44. The maximum atomic E-state index is 12.7. The SMILES string of the molecule is CCn1nccc1C(=O)N1CCN(c2nc3ccc([N+](=O)[O-])cc3s2)CC1. The van der Waals surface area contributed by atoms with Crippen LogP contribution in [0.25, 0.3) is 10.2 Å². The van der Waals surface area contributed by atoms with Gasteiger partial charge in [0.25, 0.3) is 11.6 Å². The van der Waals surface area contributed by atoms with Crippen LogP contribution in [0.4, 0.5) is 10.8 Å². The van der Waals surface area contributed by atoms with Gasteiger partial charge >= 0.3 is 0 Å². The molecule has 1 amide bonds. The fraction of sp³-hybridized carbons (Fsp3) is 0.353. The number of non-ortho nitro benzene ring substituents is 1. The molecule has 27 heavy (non-hydrogen) atoms. The zero-order valence-corrected chi connectivity index (χ0v) is 15.6. The molecule has 9 nitrogen and oxygen atoms in total. The van der Waals surface area contributed by atoms with Gasteiger partial charge in [0.05, 0.1) is 15.1 Å². The van der Waals surface area contributed by atoms with Gasteiger partial charge < -0.3 is 9.80 Å². The van der Waals surface area contributed by atoms with Crippen molar-refractivity contribution in [2.24, 2.45) is 0 Å². The van der Waals surface area contributed by atoms with Gasteiger partial charge in [-0.05, 0) is 19.1 Å². The largest absolute Gasteiger partial charge is 0.345 e. The van der Waals surface area contributed by atoms with Crippen LogP contribution in [0.1, 0.15) is 17.4 Å². The van der Waals surface area contributed by atoms with Crippen molar-refractivity contribution in [3.63, 3.8) is 0 Å². The van der Waals surface area contributed by atoms with Crippen molar-refractivity contribution in [1.82, 2.24) is 19.7 Å². The average Bonchev–Trinajstić information content (AvgIpc) is 3.33. The molecule has 10 heteroatoms. The summed E-state index contributed by atoms with van der Waals surface area (Å²) < 4.78 is 2.50. The number of carbonyl (C=O) groups excluding carboxylic acids is 1. The van der Waals surface area contributed by atoms with Gasteiger partial charge in [-0.2, -0.15) is 5.10 Å². The molecule has 0 N–H and O–H groups in total. The summed E-state index contributed by atoms with van der Waals surface area (Å²) >= 11 is 1.44. The van der Waals surface area contributed by atoms with Crippen molar-refractivity contribution in [2.75, 3.05) is 31.1 Å². The Morgan fingerprint density at radius 3 is 2.74 bits per heavy atom. The summed E-state index contributed by atoms with van der Waals surface area (Å²) in [6.07, 6.45) is 1.65. The number of aromatic nitrogens is 3. The number of nitrogens with zero attached hydrogens (tertiary/aromatic N) is 6. The van der Waals surface area contributed by atoms with Crippen LogP contribution in [-0.2, 0) is 6.54 Å². The molecule has 1 saturated heterocycles. The highest BCUT2D eigenvalue weighted by Gasteiger charge is 2.25. The number of amides is 1. The first-order chi connectivity index (χ1) is 13.1. The van der Waals surface area contributed by atoms with Gasteiger partial charge in [-0.3, -0.25) is 19.6 Å². The number of fused-ring (bicyclic) bond motifs is 1. The van der Waals surface area contributed by atoms with Gasteiger partial charge in [0.1, 0.15) is 5.69 Å². The van der Waals surface area contributed by atoms with Crippen molar-refractivity contribution in [3.8, 4) is 0 Å². The van der Waals surface area contributed by atoms with E-state index in [1.807, 2.05) is 11.8 Å². The van der Waals surface area contributed by atoms with Crippen LogP contribution in [0.3, 0.4) is 0 Å². The minimum absolute atomic E-state index is 0.00563. The number of piperazine rings is 1. The number of thiazole rings is 1. The number of rotatable bonds is 4. The second-order valence-electron chi connectivity index (χ2n) is 6.22. The van der Waals surface area contributed by atoms with Crippen LogP contribution >= 0.6 is 11.3 Å². The summed E-state index contributed by atoms with van der Waals surface area (Å²) in [5.74, 6) is -0.00563. The Balaban J connectivity index is 1.47. The van der Waals surface area contributed by atoms with Gasteiger partial charge in [0, 0.05) is 51.1 Å². The van der Waals surface area contributed by atoms with Gasteiger partial charge in [-0.15, -0.1) is 0 Å². The van der Waals surface area contributed by atoms with Crippen LogP contribution in [-0.4, -0.2) is 56.7 Å². The molecule has 4 rings (SSSR count). The molecule has 1 fully saturated rings. The van der Waals surface area contributed by atoms with Crippen LogP contribution in [0.15, 0.2) is 30.5 Å². The standard InChI is InChI=1S/C17H18N6O3S/c1-2-22-14(5-6-18-22)16(24)20-7-9-21(10-8-20)17-19-13-4-3-12(23(25)26)11-15(13)27-17/h3-6,11H,2,7-10H2,1H3. The van der Waals surface area contributed by atoms with Crippen molar-refractivity contribution in [3.05, 3.63) is 46.3 Å². The molecule has 3 heterocycles. The number of benzene rings is 1. The second-order valence-corrected chi connectivity index (χ2v) is 7.23. The first-order valence-electron chi connectivity index (χ1n) is 8.68. The van der Waals surface area contributed by atoms with Crippen molar-refractivity contribution < 1.29 is 9.72 Å². The monoisotopic (exact) mass is 386 g/mol. The lowest BCUT2D eigenvalue weighted by atomic mass is 10.3. The molecular formula is C17H18N6O3S. The molecule has 2 aromatic heterocycles. The summed E-state index contributed by atoms with van der Waals surface area (Å²) in [6.45, 7) is 5.17. The summed E-state index contributed by atoms with van der Waals surface area (Å²) in [7, 11) is 0. The lowest BCUT2D eigenvalue weighted by molar-refractivity contribution is -0.384. The summed E-state index contributed by atoms with van der Waals surface area (Å²) in [5, 5.41) is 15.9. The van der Waals surface area contributed by atoms with Crippen LogP contribution in [0.2, 0.25) is 0 Å². The van der Waals surface area contributed by atoms with Crippen LogP contribution < -0.4 is 4.90 Å². The second kappa shape index (κ2) is 6.95. The fourth-order valence-corrected chi connectivity index (χ4v) is 4.23. The first-order valence-corrected chi connectivity index (χ1v) is 9.49. The van der Waals surface area contributed by atoms with E-state index in [9.17, 15) is 14.9 Å². The molecule has 1 aliphatic heterocycles. The number of hydrogen-bond acceptors (Lipinski definition) is 7. The molecule has 1 aliphatic rings. The number of hydrogen-bond donors (Lipinski definition) is 0. The molecule has 0 saturated carbocycles. The highest BCUT2D eigenvalue weighted by atomic mass is 32.1.